The number of pyridine rings is 1. The molecule has 0 spiro atoms. The summed E-state index contributed by atoms with van der Waals surface area (Å²) in [6, 6.07) is 13.0. The number of hydrogen-bond donors (Lipinski definition) is 3. The number of benzene rings is 1. The van der Waals surface area contributed by atoms with Gasteiger partial charge in [-0.15, -0.1) is 0 Å². The fraction of sp³-hybridized carbons (Fsp3) is 0.235. The van der Waals surface area contributed by atoms with Gasteiger partial charge in [0.1, 0.15) is 11.4 Å². The fourth-order valence-corrected chi connectivity index (χ4v) is 2.44. The van der Waals surface area contributed by atoms with Gasteiger partial charge in [0, 0.05) is 24.2 Å². The van der Waals surface area contributed by atoms with E-state index in [2.05, 4.69) is 10.3 Å². The molecule has 0 aliphatic carbocycles. The normalized spacial score (nSPS) is 14.1. The number of furan rings is 1. The Kier molecular flexibility index (Phi) is 3.83. The molecule has 5 nitrogen and oxygen atoms in total. The summed E-state index contributed by atoms with van der Waals surface area (Å²) in [5.74, 6) is 0.493. The van der Waals surface area contributed by atoms with Gasteiger partial charge in [-0.1, -0.05) is 18.2 Å². The molecule has 0 bridgehead atoms. The van der Waals surface area contributed by atoms with E-state index in [1.807, 2.05) is 30.3 Å². The summed E-state index contributed by atoms with van der Waals surface area (Å²) in [4.78, 5) is 14.9. The highest BCUT2D eigenvalue weighted by atomic mass is 16.4. The van der Waals surface area contributed by atoms with E-state index in [-0.39, 0.29) is 12.1 Å². The van der Waals surface area contributed by atoms with E-state index in [4.69, 9.17) is 4.42 Å². The molecule has 1 unspecified atom stereocenters. The van der Waals surface area contributed by atoms with Crippen LogP contribution in [0.15, 0.2) is 57.9 Å². The third-order valence-electron chi connectivity index (χ3n) is 3.67. The Morgan fingerprint density at radius 3 is 2.86 bits per heavy atom. The standard InChI is InChI=1S/C17H18N2O3/c1-17(21,15-7-4-8-22-15)11-18-10-13-9-12-5-2-3-6-14(12)19-16(13)20/h2-9,18,21H,10-11H2,1H3,(H,19,20). The largest absolute Gasteiger partial charge is 0.466 e. The zero-order valence-corrected chi connectivity index (χ0v) is 12.3. The fourth-order valence-electron chi connectivity index (χ4n) is 2.44. The Balaban J connectivity index is 1.72. The van der Waals surface area contributed by atoms with E-state index in [9.17, 15) is 9.90 Å². The Morgan fingerprint density at radius 2 is 2.09 bits per heavy atom. The first-order chi connectivity index (χ1) is 10.6. The van der Waals surface area contributed by atoms with Crippen molar-refractivity contribution in [3.05, 3.63) is 70.4 Å². The molecule has 3 aromatic rings. The lowest BCUT2D eigenvalue weighted by Gasteiger charge is -2.21. The number of aliphatic hydroxyl groups is 1. The van der Waals surface area contributed by atoms with Crippen LogP contribution in [-0.2, 0) is 12.1 Å². The predicted octanol–water partition coefficient (Wildman–Crippen LogP) is 2.12. The maximum Gasteiger partial charge on any atom is 0.252 e. The summed E-state index contributed by atoms with van der Waals surface area (Å²) in [7, 11) is 0. The van der Waals surface area contributed by atoms with Gasteiger partial charge in [0.2, 0.25) is 0 Å². The zero-order chi connectivity index (χ0) is 15.6. The van der Waals surface area contributed by atoms with Crippen molar-refractivity contribution in [2.24, 2.45) is 0 Å². The summed E-state index contributed by atoms with van der Waals surface area (Å²) < 4.78 is 5.22. The van der Waals surface area contributed by atoms with Gasteiger partial charge in [0.25, 0.3) is 5.56 Å². The Bertz CT molecular complexity index is 819. The van der Waals surface area contributed by atoms with Gasteiger partial charge in [-0.2, -0.15) is 0 Å². The van der Waals surface area contributed by atoms with Crippen LogP contribution in [-0.4, -0.2) is 16.6 Å². The molecule has 22 heavy (non-hydrogen) atoms. The minimum absolute atomic E-state index is 0.121. The van der Waals surface area contributed by atoms with Crippen molar-refractivity contribution < 1.29 is 9.52 Å². The number of aromatic nitrogens is 1. The van der Waals surface area contributed by atoms with Crippen molar-refractivity contribution in [3.63, 3.8) is 0 Å². The van der Waals surface area contributed by atoms with E-state index < -0.39 is 5.60 Å². The number of aromatic amines is 1. The van der Waals surface area contributed by atoms with Crippen molar-refractivity contribution in [1.29, 1.82) is 0 Å². The van der Waals surface area contributed by atoms with Crippen LogP contribution in [0.1, 0.15) is 18.2 Å². The van der Waals surface area contributed by atoms with E-state index in [1.54, 1.807) is 19.1 Å². The minimum Gasteiger partial charge on any atom is -0.466 e. The molecule has 0 amide bonds. The Morgan fingerprint density at radius 1 is 1.27 bits per heavy atom. The molecule has 1 aromatic carbocycles. The van der Waals surface area contributed by atoms with Gasteiger partial charge in [0.15, 0.2) is 0 Å². The van der Waals surface area contributed by atoms with Crippen LogP contribution >= 0.6 is 0 Å². The molecule has 5 heteroatoms. The highest BCUT2D eigenvalue weighted by molar-refractivity contribution is 5.78. The molecule has 2 heterocycles. The second-order valence-corrected chi connectivity index (χ2v) is 5.57. The van der Waals surface area contributed by atoms with Gasteiger partial charge in [-0.05, 0) is 36.6 Å². The van der Waals surface area contributed by atoms with E-state index in [0.717, 1.165) is 10.9 Å². The van der Waals surface area contributed by atoms with Gasteiger partial charge >= 0.3 is 0 Å². The molecule has 3 rings (SSSR count). The van der Waals surface area contributed by atoms with Crippen LogP contribution < -0.4 is 10.9 Å². The number of fused-ring (bicyclic) bond motifs is 1. The van der Waals surface area contributed by atoms with Crippen molar-refractivity contribution in [2.75, 3.05) is 6.54 Å². The second kappa shape index (κ2) is 5.79. The average Bonchev–Trinajstić information content (AvgIpc) is 3.03. The molecule has 0 fully saturated rings. The summed E-state index contributed by atoms with van der Waals surface area (Å²) in [5.41, 5.74) is 0.212. The highest BCUT2D eigenvalue weighted by Crippen LogP contribution is 2.19. The van der Waals surface area contributed by atoms with E-state index >= 15 is 0 Å². The van der Waals surface area contributed by atoms with Gasteiger partial charge in [-0.25, -0.2) is 0 Å². The van der Waals surface area contributed by atoms with Gasteiger partial charge < -0.3 is 19.8 Å². The Hall–Kier alpha value is -2.37. The monoisotopic (exact) mass is 298 g/mol. The average molecular weight is 298 g/mol. The summed E-state index contributed by atoms with van der Waals surface area (Å²) in [6.45, 7) is 2.33. The molecule has 3 N–H and O–H groups in total. The lowest BCUT2D eigenvalue weighted by Crippen LogP contribution is -2.35. The molecule has 0 aliphatic heterocycles. The first kappa shape index (κ1) is 14.6. The third kappa shape index (κ3) is 2.95. The number of H-pyrrole nitrogens is 1. The number of hydrogen-bond acceptors (Lipinski definition) is 4. The SMILES string of the molecule is CC(O)(CNCc1cc2ccccc2[nH]c1=O)c1ccco1. The highest BCUT2D eigenvalue weighted by Gasteiger charge is 2.25. The summed E-state index contributed by atoms with van der Waals surface area (Å²) in [5, 5.41) is 14.4. The molecule has 0 radical (unpaired) electrons. The van der Waals surface area contributed by atoms with Crippen LogP contribution in [0.25, 0.3) is 10.9 Å². The molecule has 2 aromatic heterocycles. The first-order valence-corrected chi connectivity index (χ1v) is 7.14. The van der Waals surface area contributed by atoms with Crippen LogP contribution in [0.4, 0.5) is 0 Å². The molecular formula is C17H18N2O3. The van der Waals surface area contributed by atoms with E-state index in [0.29, 0.717) is 17.9 Å². The van der Waals surface area contributed by atoms with Crippen LogP contribution in [0.5, 0.6) is 0 Å². The number of nitrogens with one attached hydrogen (secondary N) is 2. The lowest BCUT2D eigenvalue weighted by molar-refractivity contribution is 0.0340. The van der Waals surface area contributed by atoms with Crippen LogP contribution in [0.2, 0.25) is 0 Å². The topological polar surface area (TPSA) is 78.3 Å². The van der Waals surface area contributed by atoms with Crippen molar-refractivity contribution in [2.45, 2.75) is 19.1 Å². The maximum absolute atomic E-state index is 12.0. The summed E-state index contributed by atoms with van der Waals surface area (Å²) >= 11 is 0. The summed E-state index contributed by atoms with van der Waals surface area (Å²) in [6.07, 6.45) is 1.53. The number of para-hydroxylation sites is 1. The lowest BCUT2D eigenvalue weighted by atomic mass is 10.0. The quantitative estimate of drug-likeness (QED) is 0.674. The van der Waals surface area contributed by atoms with Crippen molar-refractivity contribution >= 4 is 10.9 Å². The molecule has 114 valence electrons. The van der Waals surface area contributed by atoms with Gasteiger partial charge in [-0.3, -0.25) is 4.79 Å². The maximum atomic E-state index is 12.0. The molecule has 1 atom stereocenters. The number of rotatable bonds is 5. The third-order valence-corrected chi connectivity index (χ3v) is 3.67. The van der Waals surface area contributed by atoms with Gasteiger partial charge in [0.05, 0.1) is 6.26 Å². The molecule has 0 saturated heterocycles. The van der Waals surface area contributed by atoms with Crippen molar-refractivity contribution in [3.8, 4) is 0 Å². The minimum atomic E-state index is -1.12. The zero-order valence-electron chi connectivity index (χ0n) is 12.3. The molecule has 0 saturated carbocycles. The van der Waals surface area contributed by atoms with Crippen LogP contribution in [0, 0.1) is 0 Å². The van der Waals surface area contributed by atoms with Crippen LogP contribution in [0.3, 0.4) is 0 Å². The first-order valence-electron chi connectivity index (χ1n) is 7.14. The Labute approximate surface area is 127 Å². The second-order valence-electron chi connectivity index (χ2n) is 5.57. The van der Waals surface area contributed by atoms with E-state index in [1.165, 1.54) is 6.26 Å². The smallest absolute Gasteiger partial charge is 0.252 e. The molecular weight excluding hydrogens is 280 g/mol. The predicted molar refractivity (Wildman–Crippen MR) is 84.6 cm³/mol. The van der Waals surface area contributed by atoms with Crippen molar-refractivity contribution in [1.82, 2.24) is 10.3 Å². The molecule has 0 aliphatic rings.